The Balaban J connectivity index is 1.31. The van der Waals surface area contributed by atoms with Gasteiger partial charge in [0.15, 0.2) is 21.4 Å². The highest BCUT2D eigenvalue weighted by Gasteiger charge is 2.28. The van der Waals surface area contributed by atoms with Crippen molar-refractivity contribution in [1.29, 1.82) is 0 Å². The Hall–Kier alpha value is -3.79. The fourth-order valence-electron chi connectivity index (χ4n) is 3.40. The van der Waals surface area contributed by atoms with Crippen molar-refractivity contribution in [2.45, 2.75) is 29.5 Å². The molecule has 0 bridgehead atoms. The third kappa shape index (κ3) is 4.04. The van der Waals surface area contributed by atoms with Crippen LogP contribution in [0.2, 0.25) is 0 Å². The van der Waals surface area contributed by atoms with E-state index < -0.39 is 15.7 Å². The summed E-state index contributed by atoms with van der Waals surface area (Å²) in [5.74, 6) is -0.209. The molecule has 1 fully saturated rings. The largest absolute Gasteiger partial charge is 0.459 e. The van der Waals surface area contributed by atoms with E-state index in [-0.39, 0.29) is 16.4 Å². The summed E-state index contributed by atoms with van der Waals surface area (Å²) in [7, 11) is -3.61. The fourth-order valence-corrected chi connectivity index (χ4v) is 4.78. The number of sulfone groups is 1. The number of carbonyl (C=O) groups is 1. The molecule has 162 valence electrons. The van der Waals surface area contributed by atoms with Crippen LogP contribution in [0.3, 0.4) is 0 Å². The van der Waals surface area contributed by atoms with Crippen molar-refractivity contribution in [2.75, 3.05) is 5.32 Å². The molecule has 0 spiro atoms. The Bertz CT molecular complexity index is 1360. The minimum atomic E-state index is -3.61. The number of hydrogen-bond acceptors (Lipinski definition) is 7. The van der Waals surface area contributed by atoms with E-state index in [1.54, 1.807) is 30.3 Å². The van der Waals surface area contributed by atoms with Gasteiger partial charge in [-0.15, -0.1) is 5.10 Å². The van der Waals surface area contributed by atoms with Crippen LogP contribution >= 0.6 is 0 Å². The lowest BCUT2D eigenvalue weighted by Crippen LogP contribution is -2.14. The predicted molar refractivity (Wildman–Crippen MR) is 116 cm³/mol. The number of tetrazole rings is 1. The molecule has 0 saturated heterocycles. The second-order valence-electron chi connectivity index (χ2n) is 7.56. The Morgan fingerprint density at radius 2 is 1.81 bits per heavy atom. The predicted octanol–water partition coefficient (Wildman–Crippen LogP) is 3.49. The molecule has 0 radical (unpaired) electrons. The Morgan fingerprint density at radius 1 is 1.06 bits per heavy atom. The minimum Gasteiger partial charge on any atom is -0.459 e. The summed E-state index contributed by atoms with van der Waals surface area (Å²) < 4.78 is 32.5. The molecule has 0 atom stereocenters. The maximum atomic E-state index is 12.7. The third-order valence-corrected chi connectivity index (χ3v) is 6.87. The van der Waals surface area contributed by atoms with Gasteiger partial charge in [0.25, 0.3) is 5.91 Å². The van der Waals surface area contributed by atoms with Gasteiger partial charge in [-0.05, 0) is 65.7 Å². The molecule has 1 saturated carbocycles. The van der Waals surface area contributed by atoms with Gasteiger partial charge in [-0.2, -0.15) is 0 Å². The molecule has 0 unspecified atom stereocenters. The van der Waals surface area contributed by atoms with Crippen LogP contribution in [0.5, 0.6) is 0 Å². The molecule has 10 heteroatoms. The van der Waals surface area contributed by atoms with Gasteiger partial charge in [-0.1, -0.05) is 18.2 Å². The summed E-state index contributed by atoms with van der Waals surface area (Å²) in [5, 5.41) is 14.6. The third-order valence-electron chi connectivity index (χ3n) is 5.19. The monoisotopic (exact) mass is 449 g/mol. The van der Waals surface area contributed by atoms with Gasteiger partial charge in [-0.3, -0.25) is 4.79 Å². The quantitative estimate of drug-likeness (QED) is 0.458. The van der Waals surface area contributed by atoms with Crippen LogP contribution in [-0.2, 0) is 15.6 Å². The number of aromatic nitrogens is 4. The standard InChI is InChI=1S/C22H19N5O4S/c28-22(20-16(12-13-31-20)14-32(29,30)19-4-2-1-3-5-19)23-17-8-6-15(7-9-17)21-24-25-26-27(21)18-10-11-18/h1-9,12-13,18H,10-11,14H2,(H,23,28). The van der Waals surface area contributed by atoms with Crippen molar-refractivity contribution < 1.29 is 17.6 Å². The number of rotatable bonds is 7. The lowest BCUT2D eigenvalue weighted by molar-refractivity contribution is 0.0996. The Labute approximate surface area is 184 Å². The molecule has 1 N–H and O–H groups in total. The van der Waals surface area contributed by atoms with Gasteiger partial charge >= 0.3 is 0 Å². The number of anilines is 1. The Kier molecular flexibility index (Phi) is 5.06. The number of hydrogen-bond donors (Lipinski definition) is 1. The maximum Gasteiger partial charge on any atom is 0.291 e. The topological polar surface area (TPSA) is 120 Å². The van der Waals surface area contributed by atoms with Crippen LogP contribution in [0.15, 0.2) is 76.2 Å². The SMILES string of the molecule is O=C(Nc1ccc(-c2nnnn2C2CC2)cc1)c1occc1CS(=O)(=O)c1ccccc1. The molecular weight excluding hydrogens is 430 g/mol. The molecular formula is C22H19N5O4S. The van der Waals surface area contributed by atoms with Crippen molar-refractivity contribution in [1.82, 2.24) is 20.2 Å². The molecule has 1 aliphatic carbocycles. The Morgan fingerprint density at radius 3 is 2.53 bits per heavy atom. The van der Waals surface area contributed by atoms with Gasteiger partial charge in [-0.25, -0.2) is 13.1 Å². The van der Waals surface area contributed by atoms with E-state index in [4.69, 9.17) is 4.42 Å². The van der Waals surface area contributed by atoms with Crippen LogP contribution in [0.25, 0.3) is 11.4 Å². The second-order valence-corrected chi connectivity index (χ2v) is 9.55. The van der Waals surface area contributed by atoms with E-state index in [1.807, 2.05) is 16.8 Å². The van der Waals surface area contributed by atoms with E-state index in [0.717, 1.165) is 18.4 Å². The minimum absolute atomic E-state index is 0.0359. The lowest BCUT2D eigenvalue weighted by Gasteiger charge is -2.08. The first-order valence-corrected chi connectivity index (χ1v) is 11.7. The summed E-state index contributed by atoms with van der Waals surface area (Å²) in [6.45, 7) is 0. The van der Waals surface area contributed by atoms with Crippen LogP contribution in [-0.4, -0.2) is 34.5 Å². The molecule has 1 amide bonds. The van der Waals surface area contributed by atoms with E-state index in [0.29, 0.717) is 23.1 Å². The molecule has 2 aromatic carbocycles. The average molecular weight is 449 g/mol. The highest BCUT2D eigenvalue weighted by molar-refractivity contribution is 7.90. The molecule has 32 heavy (non-hydrogen) atoms. The summed E-state index contributed by atoms with van der Waals surface area (Å²) in [5.41, 5.74) is 1.68. The van der Waals surface area contributed by atoms with Gasteiger partial charge in [0, 0.05) is 16.8 Å². The smallest absolute Gasteiger partial charge is 0.291 e. The van der Waals surface area contributed by atoms with Gasteiger partial charge in [0.1, 0.15) is 0 Å². The highest BCUT2D eigenvalue weighted by Crippen LogP contribution is 2.36. The van der Waals surface area contributed by atoms with Crippen LogP contribution in [0.4, 0.5) is 5.69 Å². The molecule has 4 aromatic rings. The summed E-state index contributed by atoms with van der Waals surface area (Å²) in [4.78, 5) is 12.9. The number of nitrogens with one attached hydrogen (secondary N) is 1. The van der Waals surface area contributed by atoms with E-state index in [1.165, 1.54) is 24.5 Å². The first kappa shape index (κ1) is 20.1. The van der Waals surface area contributed by atoms with Crippen molar-refractivity contribution in [3.05, 3.63) is 78.3 Å². The normalized spacial score (nSPS) is 13.8. The zero-order valence-electron chi connectivity index (χ0n) is 16.9. The average Bonchev–Trinajstić information content (AvgIpc) is 3.34. The van der Waals surface area contributed by atoms with Crippen molar-refractivity contribution in [3.63, 3.8) is 0 Å². The number of carbonyl (C=O) groups excluding carboxylic acids is 1. The lowest BCUT2D eigenvalue weighted by atomic mass is 10.2. The zero-order chi connectivity index (χ0) is 22.1. The number of furan rings is 1. The first-order chi connectivity index (χ1) is 15.5. The summed E-state index contributed by atoms with van der Waals surface area (Å²) in [6, 6.07) is 17.1. The van der Waals surface area contributed by atoms with Crippen molar-refractivity contribution >= 4 is 21.4 Å². The molecule has 2 aromatic heterocycles. The molecule has 0 aliphatic heterocycles. The van der Waals surface area contributed by atoms with Crippen molar-refractivity contribution in [3.8, 4) is 11.4 Å². The van der Waals surface area contributed by atoms with E-state index in [2.05, 4.69) is 20.8 Å². The summed E-state index contributed by atoms with van der Waals surface area (Å²) >= 11 is 0. The van der Waals surface area contributed by atoms with Crippen molar-refractivity contribution in [2.24, 2.45) is 0 Å². The second kappa shape index (κ2) is 8.04. The first-order valence-electron chi connectivity index (χ1n) is 10.0. The number of amides is 1. The van der Waals surface area contributed by atoms with E-state index in [9.17, 15) is 13.2 Å². The van der Waals surface area contributed by atoms with Crippen LogP contribution < -0.4 is 5.32 Å². The maximum absolute atomic E-state index is 12.7. The van der Waals surface area contributed by atoms with Gasteiger partial charge in [0.05, 0.1) is 23.0 Å². The van der Waals surface area contributed by atoms with Gasteiger partial charge in [0.2, 0.25) is 0 Å². The summed E-state index contributed by atoms with van der Waals surface area (Å²) in [6.07, 6.45) is 3.45. The molecule has 5 rings (SSSR count). The molecule has 1 aliphatic rings. The fraction of sp³-hybridized carbons (Fsp3) is 0.182. The van der Waals surface area contributed by atoms with Crippen LogP contribution in [0, 0.1) is 0 Å². The molecule has 9 nitrogen and oxygen atoms in total. The number of nitrogens with zero attached hydrogens (tertiary/aromatic N) is 4. The zero-order valence-corrected chi connectivity index (χ0v) is 17.7. The van der Waals surface area contributed by atoms with Gasteiger partial charge < -0.3 is 9.73 Å². The van der Waals surface area contributed by atoms with E-state index >= 15 is 0 Å². The van der Waals surface area contributed by atoms with Crippen LogP contribution in [0.1, 0.15) is 35.0 Å². The highest BCUT2D eigenvalue weighted by atomic mass is 32.2. The molecule has 2 heterocycles. The number of benzene rings is 2.